The first-order valence-electron chi connectivity index (χ1n) is 9.34. The third-order valence-corrected chi connectivity index (χ3v) is 5.08. The van der Waals surface area contributed by atoms with Crippen molar-refractivity contribution in [3.8, 4) is 0 Å². The molecule has 1 amide bonds. The highest BCUT2D eigenvalue weighted by Gasteiger charge is 2.28. The maximum absolute atomic E-state index is 12.6. The lowest BCUT2D eigenvalue weighted by atomic mass is 9.92. The van der Waals surface area contributed by atoms with Crippen LogP contribution in [0.4, 0.5) is 11.4 Å². The number of hydrogen-bond acceptors (Lipinski definition) is 6. The van der Waals surface area contributed by atoms with Crippen LogP contribution in [0.1, 0.15) is 55.7 Å². The lowest BCUT2D eigenvalue weighted by Gasteiger charge is -2.31. The summed E-state index contributed by atoms with van der Waals surface area (Å²) in [5, 5.41) is 17.6. The summed E-state index contributed by atoms with van der Waals surface area (Å²) < 4.78 is 0. The van der Waals surface area contributed by atoms with E-state index in [1.54, 1.807) is 24.4 Å². The van der Waals surface area contributed by atoms with Crippen LogP contribution in [0.2, 0.25) is 0 Å². The summed E-state index contributed by atoms with van der Waals surface area (Å²) in [6.45, 7) is 6.07. The summed E-state index contributed by atoms with van der Waals surface area (Å²) >= 11 is 0. The van der Waals surface area contributed by atoms with Gasteiger partial charge in [0.05, 0.1) is 22.2 Å². The minimum atomic E-state index is -0.518. The van der Waals surface area contributed by atoms with Crippen LogP contribution in [0.15, 0.2) is 42.6 Å². The molecule has 8 nitrogen and oxygen atoms in total. The van der Waals surface area contributed by atoms with Crippen LogP contribution in [0.5, 0.6) is 0 Å². The molecule has 4 N–H and O–H groups in total. The number of nitrogens with zero attached hydrogens (tertiary/aromatic N) is 2. The highest BCUT2D eigenvalue weighted by Crippen LogP contribution is 2.29. The Morgan fingerprint density at radius 1 is 1.29 bits per heavy atom. The SMILES string of the molecule is CCC(CC)(CN)NC(=O)c1ccc(NC(C)c2ccccn2)c([N+](=O)[O-])c1. The largest absolute Gasteiger partial charge is 0.371 e. The zero-order valence-electron chi connectivity index (χ0n) is 16.4. The molecule has 0 spiro atoms. The number of amides is 1. The minimum Gasteiger partial charge on any atom is -0.371 e. The zero-order chi connectivity index (χ0) is 20.7. The molecule has 28 heavy (non-hydrogen) atoms. The number of carbonyl (C=O) groups excluding carboxylic acids is 1. The van der Waals surface area contributed by atoms with Crippen molar-refractivity contribution in [1.82, 2.24) is 10.3 Å². The standard InChI is InChI=1S/C20H27N5O3/c1-4-20(5-2,13-21)24-19(26)15-9-10-17(18(12-15)25(27)28)23-14(3)16-8-6-7-11-22-16/h6-12,14,23H,4-5,13,21H2,1-3H3,(H,24,26). The topological polar surface area (TPSA) is 123 Å². The van der Waals surface area contributed by atoms with E-state index in [0.717, 1.165) is 5.69 Å². The normalized spacial score (nSPS) is 12.3. The van der Waals surface area contributed by atoms with Gasteiger partial charge in [0.2, 0.25) is 0 Å². The molecule has 1 atom stereocenters. The van der Waals surface area contributed by atoms with Crippen molar-refractivity contribution in [3.05, 3.63) is 64.0 Å². The van der Waals surface area contributed by atoms with Gasteiger partial charge in [0.1, 0.15) is 5.69 Å². The predicted octanol–water partition coefficient (Wildman–Crippen LogP) is 3.41. The summed E-state index contributed by atoms with van der Waals surface area (Å²) in [6.07, 6.45) is 3.02. The van der Waals surface area contributed by atoms with Crippen LogP contribution in [-0.2, 0) is 0 Å². The van der Waals surface area contributed by atoms with Crippen molar-refractivity contribution in [3.63, 3.8) is 0 Å². The molecule has 8 heteroatoms. The molecule has 0 radical (unpaired) electrons. The second-order valence-corrected chi connectivity index (χ2v) is 6.76. The third-order valence-electron chi connectivity index (χ3n) is 5.08. The first-order valence-corrected chi connectivity index (χ1v) is 9.34. The minimum absolute atomic E-state index is 0.165. The van der Waals surface area contributed by atoms with Crippen molar-refractivity contribution in [1.29, 1.82) is 0 Å². The van der Waals surface area contributed by atoms with Crippen LogP contribution in [0.25, 0.3) is 0 Å². The third kappa shape index (κ3) is 4.83. The van der Waals surface area contributed by atoms with Crippen molar-refractivity contribution in [2.24, 2.45) is 5.73 Å². The first kappa shape index (κ1) is 21.3. The molecular weight excluding hydrogens is 358 g/mol. The Bertz CT molecular complexity index is 814. The average Bonchev–Trinajstić information content (AvgIpc) is 2.72. The van der Waals surface area contributed by atoms with Crippen LogP contribution in [0.3, 0.4) is 0 Å². The Kier molecular flexibility index (Phi) is 7.06. The number of anilines is 1. The smallest absolute Gasteiger partial charge is 0.293 e. The number of nitrogens with one attached hydrogen (secondary N) is 2. The summed E-state index contributed by atoms with van der Waals surface area (Å²) in [5.74, 6) is -0.374. The molecule has 0 aliphatic rings. The number of carbonyl (C=O) groups is 1. The second kappa shape index (κ2) is 9.27. The van der Waals surface area contributed by atoms with Gasteiger partial charge in [0.15, 0.2) is 0 Å². The Balaban J connectivity index is 2.27. The molecule has 150 valence electrons. The second-order valence-electron chi connectivity index (χ2n) is 6.76. The van der Waals surface area contributed by atoms with Gasteiger partial charge >= 0.3 is 0 Å². The van der Waals surface area contributed by atoms with Crippen molar-refractivity contribution < 1.29 is 9.72 Å². The van der Waals surface area contributed by atoms with Gasteiger partial charge in [-0.15, -0.1) is 0 Å². The molecule has 2 rings (SSSR count). The summed E-state index contributed by atoms with van der Waals surface area (Å²) in [7, 11) is 0. The maximum Gasteiger partial charge on any atom is 0.293 e. The van der Waals surface area contributed by atoms with E-state index in [1.807, 2.05) is 32.9 Å². The van der Waals surface area contributed by atoms with E-state index in [-0.39, 0.29) is 23.2 Å². The molecule has 0 fully saturated rings. The van der Waals surface area contributed by atoms with Crippen LogP contribution in [-0.4, -0.2) is 27.9 Å². The summed E-state index contributed by atoms with van der Waals surface area (Å²) in [5.41, 5.74) is 6.46. The quantitative estimate of drug-likeness (QED) is 0.449. The molecule has 0 aliphatic heterocycles. The highest BCUT2D eigenvalue weighted by molar-refractivity contribution is 5.96. The Morgan fingerprint density at radius 3 is 2.54 bits per heavy atom. The average molecular weight is 385 g/mol. The zero-order valence-corrected chi connectivity index (χ0v) is 16.4. The van der Waals surface area contributed by atoms with E-state index in [2.05, 4.69) is 15.6 Å². The monoisotopic (exact) mass is 385 g/mol. The Morgan fingerprint density at radius 2 is 2.00 bits per heavy atom. The number of nitro benzene ring substituents is 1. The van der Waals surface area contributed by atoms with Gasteiger partial charge in [-0.05, 0) is 44.0 Å². The van der Waals surface area contributed by atoms with E-state index < -0.39 is 10.5 Å². The van der Waals surface area contributed by atoms with Crippen molar-refractivity contribution in [2.45, 2.75) is 45.2 Å². The highest BCUT2D eigenvalue weighted by atomic mass is 16.6. The first-order chi connectivity index (χ1) is 13.4. The summed E-state index contributed by atoms with van der Waals surface area (Å²) in [6, 6.07) is 9.68. The van der Waals surface area contributed by atoms with Gasteiger partial charge in [-0.1, -0.05) is 19.9 Å². The number of aromatic nitrogens is 1. The van der Waals surface area contributed by atoms with Crippen LogP contribution >= 0.6 is 0 Å². The molecule has 0 saturated heterocycles. The van der Waals surface area contributed by atoms with Crippen molar-refractivity contribution in [2.75, 3.05) is 11.9 Å². The molecule has 1 aromatic heterocycles. The Hall–Kier alpha value is -3.00. The molecule has 0 aliphatic carbocycles. The number of nitro groups is 1. The fourth-order valence-electron chi connectivity index (χ4n) is 2.96. The van der Waals surface area contributed by atoms with Crippen LogP contribution < -0.4 is 16.4 Å². The van der Waals surface area contributed by atoms with Gasteiger partial charge in [0, 0.05) is 24.4 Å². The van der Waals surface area contributed by atoms with Gasteiger partial charge in [-0.25, -0.2) is 0 Å². The van der Waals surface area contributed by atoms with Crippen LogP contribution in [0, 0.1) is 10.1 Å². The van der Waals surface area contributed by atoms with Gasteiger partial charge in [-0.3, -0.25) is 19.9 Å². The van der Waals surface area contributed by atoms with E-state index in [1.165, 1.54) is 6.07 Å². The van der Waals surface area contributed by atoms with E-state index in [9.17, 15) is 14.9 Å². The lowest BCUT2D eigenvalue weighted by Crippen LogP contribution is -2.52. The number of pyridine rings is 1. The summed E-state index contributed by atoms with van der Waals surface area (Å²) in [4.78, 5) is 28.0. The maximum atomic E-state index is 12.6. The fraction of sp³-hybridized carbons (Fsp3) is 0.400. The number of rotatable bonds is 9. The van der Waals surface area contributed by atoms with E-state index in [4.69, 9.17) is 5.73 Å². The molecule has 0 bridgehead atoms. The number of nitrogens with two attached hydrogens (primary N) is 1. The number of benzene rings is 1. The molecule has 1 aromatic carbocycles. The molecule has 0 saturated carbocycles. The predicted molar refractivity (Wildman–Crippen MR) is 109 cm³/mol. The molecular formula is C20H27N5O3. The molecule has 1 unspecified atom stereocenters. The van der Waals surface area contributed by atoms with E-state index >= 15 is 0 Å². The van der Waals surface area contributed by atoms with E-state index in [0.29, 0.717) is 25.1 Å². The Labute approximate surface area is 164 Å². The van der Waals surface area contributed by atoms with Gasteiger partial charge in [-0.2, -0.15) is 0 Å². The van der Waals surface area contributed by atoms with Crippen molar-refractivity contribution >= 4 is 17.3 Å². The van der Waals surface area contributed by atoms with Gasteiger partial charge < -0.3 is 16.4 Å². The lowest BCUT2D eigenvalue weighted by molar-refractivity contribution is -0.384. The van der Waals surface area contributed by atoms with Gasteiger partial charge in [0.25, 0.3) is 11.6 Å². The fourth-order valence-corrected chi connectivity index (χ4v) is 2.96. The molecule has 2 aromatic rings. The number of hydrogen-bond donors (Lipinski definition) is 3. The molecule has 1 heterocycles.